The minimum Gasteiger partial charge on any atom is -0.480 e. The third-order valence-corrected chi connectivity index (χ3v) is 2.88. The molecular formula is C16H15NO3. The van der Waals surface area contributed by atoms with Gasteiger partial charge in [0.15, 0.2) is 6.04 Å². The van der Waals surface area contributed by atoms with Crippen LogP contribution in [0, 0.1) is 0 Å². The van der Waals surface area contributed by atoms with Gasteiger partial charge >= 0.3 is 5.97 Å². The van der Waals surface area contributed by atoms with Gasteiger partial charge in [-0.2, -0.15) is 0 Å². The van der Waals surface area contributed by atoms with Crippen LogP contribution >= 0.6 is 0 Å². The maximum absolute atomic E-state index is 11.3. The van der Waals surface area contributed by atoms with Gasteiger partial charge in [-0.25, -0.2) is 4.79 Å². The van der Waals surface area contributed by atoms with Crippen LogP contribution < -0.4 is 0 Å². The van der Waals surface area contributed by atoms with E-state index in [1.54, 1.807) is 30.3 Å². The first-order valence-electron chi connectivity index (χ1n) is 6.22. The minimum atomic E-state index is -1.22. The first-order chi connectivity index (χ1) is 9.68. The first-order valence-corrected chi connectivity index (χ1v) is 6.22. The minimum absolute atomic E-state index is 0.533. The van der Waals surface area contributed by atoms with Crippen LogP contribution in [0.15, 0.2) is 65.7 Å². The zero-order valence-corrected chi connectivity index (χ0v) is 10.8. The van der Waals surface area contributed by atoms with Crippen molar-refractivity contribution in [2.24, 2.45) is 4.99 Å². The van der Waals surface area contributed by atoms with E-state index in [4.69, 9.17) is 0 Å². The number of aliphatic hydroxyl groups excluding tert-OH is 1. The number of nitrogens with zero attached hydrogens (tertiary/aromatic N) is 1. The van der Waals surface area contributed by atoms with Gasteiger partial charge in [-0.15, -0.1) is 0 Å². The molecule has 0 amide bonds. The zero-order valence-electron chi connectivity index (χ0n) is 10.8. The average Bonchev–Trinajstić information content (AvgIpc) is 2.49. The van der Waals surface area contributed by atoms with Gasteiger partial charge in [-0.1, -0.05) is 60.7 Å². The molecule has 0 spiro atoms. The van der Waals surface area contributed by atoms with Gasteiger partial charge in [0.1, 0.15) is 6.10 Å². The van der Waals surface area contributed by atoms with Crippen molar-refractivity contribution in [1.29, 1.82) is 0 Å². The molecule has 4 heteroatoms. The van der Waals surface area contributed by atoms with E-state index in [1.807, 2.05) is 30.3 Å². The summed E-state index contributed by atoms with van der Waals surface area (Å²) in [7, 11) is 0. The fraction of sp³-hybridized carbons (Fsp3) is 0.125. The van der Waals surface area contributed by atoms with E-state index < -0.39 is 18.1 Å². The SMILES string of the molecule is O=C(O)C(N=Cc1ccccc1)C(O)c1ccccc1. The number of carboxylic acids is 1. The summed E-state index contributed by atoms with van der Waals surface area (Å²) in [6, 6.07) is 16.6. The summed E-state index contributed by atoms with van der Waals surface area (Å²) in [5.41, 5.74) is 1.32. The highest BCUT2D eigenvalue weighted by atomic mass is 16.4. The van der Waals surface area contributed by atoms with Crippen molar-refractivity contribution in [2.45, 2.75) is 12.1 Å². The number of hydrogen-bond donors (Lipinski definition) is 2. The van der Waals surface area contributed by atoms with Crippen molar-refractivity contribution in [3.8, 4) is 0 Å². The third-order valence-electron chi connectivity index (χ3n) is 2.88. The van der Waals surface area contributed by atoms with Gasteiger partial charge in [0.2, 0.25) is 0 Å². The summed E-state index contributed by atoms with van der Waals surface area (Å²) in [4.78, 5) is 15.3. The number of carboxylic acid groups (broad SMARTS) is 1. The second-order valence-electron chi connectivity index (χ2n) is 4.33. The molecule has 2 atom stereocenters. The Morgan fingerprint density at radius 1 is 1.00 bits per heavy atom. The topological polar surface area (TPSA) is 69.9 Å². The van der Waals surface area contributed by atoms with Crippen molar-refractivity contribution in [3.63, 3.8) is 0 Å². The lowest BCUT2D eigenvalue weighted by Gasteiger charge is -2.15. The summed E-state index contributed by atoms with van der Waals surface area (Å²) in [5, 5.41) is 19.3. The van der Waals surface area contributed by atoms with Crippen LogP contribution in [0.3, 0.4) is 0 Å². The van der Waals surface area contributed by atoms with Gasteiger partial charge in [-0.3, -0.25) is 4.99 Å². The number of aliphatic imine (C=N–C) groups is 1. The van der Waals surface area contributed by atoms with Crippen LogP contribution in [0.2, 0.25) is 0 Å². The standard InChI is InChI=1S/C16H15NO3/c18-15(13-9-5-2-6-10-13)14(16(19)20)17-11-12-7-3-1-4-8-12/h1-11,14-15,18H,(H,19,20). The fourth-order valence-corrected chi connectivity index (χ4v) is 1.82. The number of aliphatic hydroxyl groups is 1. The summed E-state index contributed by atoms with van der Waals surface area (Å²) < 4.78 is 0. The normalized spacial score (nSPS) is 14.1. The molecule has 0 aliphatic carbocycles. The molecule has 0 aromatic heterocycles. The number of aliphatic carboxylic acids is 1. The van der Waals surface area contributed by atoms with E-state index >= 15 is 0 Å². The molecular weight excluding hydrogens is 254 g/mol. The summed E-state index contributed by atoms with van der Waals surface area (Å²) in [5.74, 6) is -1.16. The van der Waals surface area contributed by atoms with E-state index in [0.29, 0.717) is 5.56 Å². The van der Waals surface area contributed by atoms with Gasteiger partial charge in [-0.05, 0) is 11.1 Å². The van der Waals surface area contributed by atoms with Crippen molar-refractivity contribution in [2.75, 3.05) is 0 Å². The number of rotatable bonds is 5. The highest BCUT2D eigenvalue weighted by Gasteiger charge is 2.26. The Bertz CT molecular complexity index is 581. The van der Waals surface area contributed by atoms with E-state index in [2.05, 4.69) is 4.99 Å². The Kier molecular flexibility index (Phi) is 4.63. The zero-order chi connectivity index (χ0) is 14.4. The molecule has 0 heterocycles. The second-order valence-corrected chi connectivity index (χ2v) is 4.33. The molecule has 0 fully saturated rings. The highest BCUT2D eigenvalue weighted by molar-refractivity contribution is 5.83. The summed E-state index contributed by atoms with van der Waals surface area (Å²) in [6.07, 6.45) is 0.291. The lowest BCUT2D eigenvalue weighted by atomic mass is 10.0. The summed E-state index contributed by atoms with van der Waals surface area (Å²) >= 11 is 0. The van der Waals surface area contributed by atoms with Crippen molar-refractivity contribution >= 4 is 12.2 Å². The monoisotopic (exact) mass is 269 g/mol. The summed E-state index contributed by atoms with van der Waals surface area (Å²) in [6.45, 7) is 0. The van der Waals surface area contributed by atoms with E-state index in [-0.39, 0.29) is 0 Å². The Morgan fingerprint density at radius 3 is 2.10 bits per heavy atom. The quantitative estimate of drug-likeness (QED) is 0.818. The molecule has 4 nitrogen and oxygen atoms in total. The van der Waals surface area contributed by atoms with Gasteiger partial charge in [0.05, 0.1) is 0 Å². The molecule has 0 radical (unpaired) electrons. The van der Waals surface area contributed by atoms with Crippen LogP contribution in [-0.2, 0) is 4.79 Å². The molecule has 2 unspecified atom stereocenters. The molecule has 2 rings (SSSR count). The van der Waals surface area contributed by atoms with Crippen LogP contribution in [-0.4, -0.2) is 28.4 Å². The number of hydrogen-bond acceptors (Lipinski definition) is 3. The van der Waals surface area contributed by atoms with Crippen molar-refractivity contribution in [3.05, 3.63) is 71.8 Å². The molecule has 0 aliphatic heterocycles. The second kappa shape index (κ2) is 6.63. The molecule has 2 aromatic rings. The predicted molar refractivity (Wildman–Crippen MR) is 76.9 cm³/mol. The lowest BCUT2D eigenvalue weighted by molar-refractivity contribution is -0.141. The van der Waals surface area contributed by atoms with E-state index in [1.165, 1.54) is 6.21 Å². The smallest absolute Gasteiger partial charge is 0.331 e. The van der Waals surface area contributed by atoms with Gasteiger partial charge in [0, 0.05) is 6.21 Å². The van der Waals surface area contributed by atoms with Crippen LogP contribution in [0.25, 0.3) is 0 Å². The molecule has 0 saturated heterocycles. The Morgan fingerprint density at radius 2 is 1.55 bits per heavy atom. The fourth-order valence-electron chi connectivity index (χ4n) is 1.82. The molecule has 2 aromatic carbocycles. The molecule has 2 N–H and O–H groups in total. The van der Waals surface area contributed by atoms with Gasteiger partial charge < -0.3 is 10.2 Å². The average molecular weight is 269 g/mol. The molecule has 0 bridgehead atoms. The van der Waals surface area contributed by atoms with Crippen molar-refractivity contribution in [1.82, 2.24) is 0 Å². The van der Waals surface area contributed by atoms with Gasteiger partial charge in [0.25, 0.3) is 0 Å². The van der Waals surface area contributed by atoms with E-state index in [9.17, 15) is 15.0 Å². The molecule has 0 aliphatic rings. The third kappa shape index (κ3) is 3.52. The van der Waals surface area contributed by atoms with Crippen LogP contribution in [0.5, 0.6) is 0 Å². The molecule has 20 heavy (non-hydrogen) atoms. The largest absolute Gasteiger partial charge is 0.480 e. The van der Waals surface area contributed by atoms with Crippen molar-refractivity contribution < 1.29 is 15.0 Å². The molecule has 102 valence electrons. The van der Waals surface area contributed by atoms with Crippen LogP contribution in [0.4, 0.5) is 0 Å². The number of carbonyl (C=O) groups is 1. The first kappa shape index (κ1) is 14.0. The molecule has 0 saturated carbocycles. The maximum atomic E-state index is 11.3. The van der Waals surface area contributed by atoms with E-state index in [0.717, 1.165) is 5.56 Å². The highest BCUT2D eigenvalue weighted by Crippen LogP contribution is 2.19. The lowest BCUT2D eigenvalue weighted by Crippen LogP contribution is -2.26. The maximum Gasteiger partial charge on any atom is 0.331 e. The Balaban J connectivity index is 2.20. The number of benzene rings is 2. The van der Waals surface area contributed by atoms with Crippen LogP contribution in [0.1, 0.15) is 17.2 Å². The predicted octanol–water partition coefficient (Wildman–Crippen LogP) is 2.29. The Labute approximate surface area is 117 Å². The Hall–Kier alpha value is -2.46.